The molecule has 2 aliphatic heterocycles. The average molecular weight is 418 g/mol. The highest BCUT2D eigenvalue weighted by Gasteiger charge is 2.49. The molecule has 2 fully saturated rings. The molecule has 2 heterocycles. The number of piperidine rings is 1. The first-order valence-corrected chi connectivity index (χ1v) is 11.5. The van der Waals surface area contributed by atoms with Gasteiger partial charge in [0.15, 0.2) is 0 Å². The highest BCUT2D eigenvalue weighted by molar-refractivity contribution is 5.87. The zero-order valence-corrected chi connectivity index (χ0v) is 18.5. The molecule has 162 valence electrons. The van der Waals surface area contributed by atoms with Crippen molar-refractivity contribution in [2.75, 3.05) is 19.6 Å². The van der Waals surface area contributed by atoms with Crippen LogP contribution in [-0.2, 0) is 11.4 Å². The highest BCUT2D eigenvalue weighted by atomic mass is 16.5. The maximum Gasteiger partial charge on any atom is 0.309 e. The van der Waals surface area contributed by atoms with Crippen molar-refractivity contribution in [2.24, 2.45) is 5.41 Å². The second-order valence-electron chi connectivity index (χ2n) is 9.60. The van der Waals surface area contributed by atoms with Gasteiger partial charge in [0, 0.05) is 18.7 Å². The van der Waals surface area contributed by atoms with Crippen LogP contribution in [0.5, 0.6) is 5.75 Å². The Morgan fingerprint density at radius 2 is 1.74 bits per heavy atom. The van der Waals surface area contributed by atoms with Gasteiger partial charge in [0.25, 0.3) is 0 Å². The maximum atomic E-state index is 11.5. The van der Waals surface area contributed by atoms with Gasteiger partial charge in [-0.25, -0.2) is 0 Å². The molecule has 0 amide bonds. The molecule has 0 bridgehead atoms. The Kier molecular flexibility index (Phi) is 5.13. The number of rotatable bonds is 4. The van der Waals surface area contributed by atoms with Crippen molar-refractivity contribution in [2.45, 2.75) is 52.6 Å². The van der Waals surface area contributed by atoms with E-state index >= 15 is 0 Å². The summed E-state index contributed by atoms with van der Waals surface area (Å²) >= 11 is 0. The molecule has 0 atom stereocenters. The topological polar surface area (TPSA) is 49.8 Å². The minimum atomic E-state index is -0.607. The highest BCUT2D eigenvalue weighted by Crippen LogP contribution is 2.49. The van der Waals surface area contributed by atoms with Crippen LogP contribution in [-0.4, -0.2) is 35.6 Å². The average Bonchev–Trinajstić information content (AvgIpc) is 3.56. The zero-order valence-electron chi connectivity index (χ0n) is 18.5. The maximum absolute atomic E-state index is 11.5. The molecule has 2 aromatic rings. The number of hydrogen-bond donors (Lipinski definition) is 1. The largest absolute Gasteiger partial charge is 0.488 e. The summed E-state index contributed by atoms with van der Waals surface area (Å²) in [6, 6.07) is 13.2. The van der Waals surface area contributed by atoms with Gasteiger partial charge in [0.1, 0.15) is 12.4 Å². The molecule has 2 aromatic carbocycles. The van der Waals surface area contributed by atoms with Crippen molar-refractivity contribution in [1.82, 2.24) is 4.90 Å². The Hall–Kier alpha value is -2.59. The lowest BCUT2D eigenvalue weighted by atomic mass is 9.85. The quantitative estimate of drug-likeness (QED) is 0.729. The fourth-order valence-electron chi connectivity index (χ4n) is 5.12. The van der Waals surface area contributed by atoms with Gasteiger partial charge in [-0.1, -0.05) is 41.0 Å². The fraction of sp³-hybridized carbons (Fsp3) is 0.444. The van der Waals surface area contributed by atoms with Gasteiger partial charge < -0.3 is 14.7 Å². The third-order valence-electron chi connectivity index (χ3n) is 7.34. The number of aliphatic carboxylic acids is 1. The lowest BCUT2D eigenvalue weighted by Crippen LogP contribution is -2.34. The van der Waals surface area contributed by atoms with Gasteiger partial charge in [-0.05, 0) is 81.3 Å². The van der Waals surface area contributed by atoms with Crippen LogP contribution < -0.4 is 4.74 Å². The minimum Gasteiger partial charge on any atom is -0.488 e. The molecule has 0 radical (unpaired) electrons. The van der Waals surface area contributed by atoms with Crippen LogP contribution in [0, 0.1) is 19.3 Å². The Balaban J connectivity index is 1.44. The van der Waals surface area contributed by atoms with E-state index in [2.05, 4.69) is 55.1 Å². The van der Waals surface area contributed by atoms with Crippen LogP contribution in [0.25, 0.3) is 5.57 Å². The van der Waals surface area contributed by atoms with E-state index in [1.165, 1.54) is 39.0 Å². The van der Waals surface area contributed by atoms with Crippen LogP contribution >= 0.6 is 0 Å². The second-order valence-corrected chi connectivity index (χ2v) is 9.60. The minimum absolute atomic E-state index is 0.426. The van der Waals surface area contributed by atoms with Gasteiger partial charge in [0.2, 0.25) is 0 Å². The summed E-state index contributed by atoms with van der Waals surface area (Å²) in [7, 11) is 0. The number of carbonyl (C=O) groups is 1. The summed E-state index contributed by atoms with van der Waals surface area (Å²) in [5, 5.41) is 9.46. The Morgan fingerprint density at radius 3 is 2.45 bits per heavy atom. The summed E-state index contributed by atoms with van der Waals surface area (Å²) < 4.78 is 6.23. The standard InChI is InChI=1S/C27H31NO3/c1-18-3-5-22-21(15-18)17-31-24-6-4-19(2)16-23(24)25(22)20-7-12-28(13-8-20)14-11-27(9-10-27)26(29)30/h3-6,15-16H,7-14,17H2,1-2H3,(H,29,30). The van der Waals surface area contributed by atoms with E-state index in [0.717, 1.165) is 57.5 Å². The summed E-state index contributed by atoms with van der Waals surface area (Å²) in [5.74, 6) is 0.367. The zero-order chi connectivity index (χ0) is 21.6. The van der Waals surface area contributed by atoms with Crippen LogP contribution in [0.4, 0.5) is 0 Å². The Bertz CT molecular complexity index is 1050. The number of carboxylic acid groups (broad SMARTS) is 1. The molecule has 4 nitrogen and oxygen atoms in total. The molecule has 0 aromatic heterocycles. The Morgan fingerprint density at radius 1 is 1.03 bits per heavy atom. The number of aryl methyl sites for hydroxylation is 2. The van der Waals surface area contributed by atoms with Gasteiger partial charge in [-0.2, -0.15) is 0 Å². The van der Waals surface area contributed by atoms with E-state index < -0.39 is 11.4 Å². The third kappa shape index (κ3) is 3.89. The number of benzene rings is 2. The van der Waals surface area contributed by atoms with Gasteiger partial charge in [-0.15, -0.1) is 0 Å². The number of hydrogen-bond acceptors (Lipinski definition) is 3. The predicted octanol–water partition coefficient (Wildman–Crippen LogP) is 5.35. The number of carboxylic acids is 1. The monoisotopic (exact) mass is 417 g/mol. The van der Waals surface area contributed by atoms with Crippen LogP contribution in [0.15, 0.2) is 42.0 Å². The molecule has 1 aliphatic carbocycles. The van der Waals surface area contributed by atoms with E-state index in [1.54, 1.807) is 0 Å². The van der Waals surface area contributed by atoms with E-state index in [-0.39, 0.29) is 0 Å². The van der Waals surface area contributed by atoms with Crippen molar-refractivity contribution in [3.8, 4) is 5.75 Å². The number of likely N-dealkylation sites (tertiary alicyclic amines) is 1. The van der Waals surface area contributed by atoms with Crippen LogP contribution in [0.2, 0.25) is 0 Å². The molecule has 4 heteroatoms. The summed E-state index contributed by atoms with van der Waals surface area (Å²) in [5.41, 5.74) is 8.72. The van der Waals surface area contributed by atoms with Gasteiger partial charge >= 0.3 is 5.97 Å². The number of nitrogens with zero attached hydrogens (tertiary/aromatic N) is 1. The van der Waals surface area contributed by atoms with E-state index in [4.69, 9.17) is 4.74 Å². The molecule has 0 spiro atoms. The molecule has 1 saturated heterocycles. The molecule has 1 N–H and O–H groups in total. The molecule has 31 heavy (non-hydrogen) atoms. The number of ether oxygens (including phenoxy) is 1. The lowest BCUT2D eigenvalue weighted by Gasteiger charge is -2.31. The molecule has 1 saturated carbocycles. The third-order valence-corrected chi connectivity index (χ3v) is 7.34. The van der Waals surface area contributed by atoms with E-state index in [9.17, 15) is 9.90 Å². The Labute approximate surface area is 184 Å². The fourth-order valence-corrected chi connectivity index (χ4v) is 5.12. The SMILES string of the molecule is Cc1ccc2c(c1)COc1ccc(C)cc1C2=C1CCN(CCC2(C(=O)O)CC2)CC1. The normalized spacial score (nSPS) is 19.8. The summed E-state index contributed by atoms with van der Waals surface area (Å²) in [6.07, 6.45) is 4.52. The van der Waals surface area contributed by atoms with Crippen LogP contribution in [0.1, 0.15) is 59.9 Å². The number of fused-ring (bicyclic) bond motifs is 2. The van der Waals surface area contributed by atoms with E-state index in [1.807, 2.05) is 0 Å². The molecular weight excluding hydrogens is 386 g/mol. The molecular formula is C27H31NO3. The lowest BCUT2D eigenvalue weighted by molar-refractivity contribution is -0.143. The second kappa shape index (κ2) is 7.83. The molecule has 3 aliphatic rings. The van der Waals surface area contributed by atoms with Crippen molar-refractivity contribution < 1.29 is 14.6 Å². The van der Waals surface area contributed by atoms with Gasteiger partial charge in [0.05, 0.1) is 5.41 Å². The molecule has 0 unspecified atom stereocenters. The van der Waals surface area contributed by atoms with Crippen LogP contribution in [0.3, 0.4) is 0 Å². The first-order valence-electron chi connectivity index (χ1n) is 11.5. The van der Waals surface area contributed by atoms with Crippen molar-refractivity contribution in [3.63, 3.8) is 0 Å². The van der Waals surface area contributed by atoms with E-state index in [0.29, 0.717) is 6.61 Å². The predicted molar refractivity (Wildman–Crippen MR) is 122 cm³/mol. The van der Waals surface area contributed by atoms with Crippen molar-refractivity contribution >= 4 is 11.5 Å². The first-order chi connectivity index (χ1) is 14.9. The van der Waals surface area contributed by atoms with Gasteiger partial charge in [-0.3, -0.25) is 4.79 Å². The smallest absolute Gasteiger partial charge is 0.309 e. The first kappa shape index (κ1) is 20.3. The summed E-state index contributed by atoms with van der Waals surface area (Å²) in [4.78, 5) is 13.9. The van der Waals surface area contributed by atoms with Crippen molar-refractivity contribution in [3.05, 3.63) is 69.8 Å². The summed E-state index contributed by atoms with van der Waals surface area (Å²) in [6.45, 7) is 7.77. The van der Waals surface area contributed by atoms with Crippen molar-refractivity contribution in [1.29, 1.82) is 0 Å². The molecule has 5 rings (SSSR count).